The van der Waals surface area contributed by atoms with Gasteiger partial charge in [-0.05, 0) is 24.3 Å². The molecule has 0 bridgehead atoms. The zero-order chi connectivity index (χ0) is 16.9. The van der Waals surface area contributed by atoms with Crippen LogP contribution in [0.5, 0.6) is 0 Å². The van der Waals surface area contributed by atoms with Crippen molar-refractivity contribution in [1.82, 2.24) is 14.8 Å². The molecule has 0 amide bonds. The molecule has 7 nitrogen and oxygen atoms in total. The van der Waals surface area contributed by atoms with E-state index in [1.807, 2.05) is 6.07 Å². The number of hydrogen-bond acceptors (Lipinski definition) is 5. The number of para-hydroxylation sites is 1. The lowest BCUT2D eigenvalue weighted by Gasteiger charge is -2.17. The quantitative estimate of drug-likeness (QED) is 0.764. The third kappa shape index (κ3) is 2.04. The van der Waals surface area contributed by atoms with Crippen molar-refractivity contribution in [2.45, 2.75) is 10.8 Å². The molecule has 1 aromatic carbocycles. The molecule has 0 unspecified atom stereocenters. The van der Waals surface area contributed by atoms with E-state index < -0.39 is 21.6 Å². The van der Waals surface area contributed by atoms with E-state index in [1.54, 1.807) is 36.4 Å². The van der Waals surface area contributed by atoms with Gasteiger partial charge in [0.15, 0.2) is 10.7 Å². The molecule has 0 spiro atoms. The summed E-state index contributed by atoms with van der Waals surface area (Å²) in [6.45, 7) is 0. The number of pyridine rings is 1. The Labute approximate surface area is 137 Å². The Hall–Kier alpha value is -3.00. The van der Waals surface area contributed by atoms with Gasteiger partial charge in [-0.25, -0.2) is 22.9 Å². The van der Waals surface area contributed by atoms with Crippen molar-refractivity contribution < 1.29 is 18.3 Å². The zero-order valence-electron chi connectivity index (χ0n) is 12.2. The largest absolute Gasteiger partial charge is 0.476 e. The van der Waals surface area contributed by atoms with Gasteiger partial charge in [0.2, 0.25) is 9.84 Å². The Morgan fingerprint density at radius 1 is 1.12 bits per heavy atom. The molecular formula is C16H11N3O4S. The molecule has 4 rings (SSSR count). The molecule has 1 aliphatic rings. The highest BCUT2D eigenvalue weighted by molar-refractivity contribution is 7.90. The number of hydrogen-bond donors (Lipinski definition) is 1. The summed E-state index contributed by atoms with van der Waals surface area (Å²) in [6, 6.07) is 12.2. The lowest BCUT2D eigenvalue weighted by molar-refractivity contribution is 0.0689. The van der Waals surface area contributed by atoms with Gasteiger partial charge >= 0.3 is 5.97 Å². The van der Waals surface area contributed by atoms with Gasteiger partial charge in [-0.15, -0.1) is 0 Å². The zero-order valence-corrected chi connectivity index (χ0v) is 13.1. The number of sulfone groups is 1. The van der Waals surface area contributed by atoms with Crippen molar-refractivity contribution in [3.8, 4) is 16.9 Å². The first-order valence-electron chi connectivity index (χ1n) is 7.08. The van der Waals surface area contributed by atoms with E-state index in [-0.39, 0.29) is 16.3 Å². The van der Waals surface area contributed by atoms with Crippen LogP contribution in [0.25, 0.3) is 16.9 Å². The minimum absolute atomic E-state index is 0.0495. The van der Waals surface area contributed by atoms with Gasteiger partial charge in [0, 0.05) is 17.3 Å². The second-order valence-electron chi connectivity index (χ2n) is 5.34. The molecule has 24 heavy (non-hydrogen) atoms. The molecule has 2 aromatic heterocycles. The van der Waals surface area contributed by atoms with E-state index in [0.29, 0.717) is 16.9 Å². The molecule has 3 heterocycles. The van der Waals surface area contributed by atoms with Crippen LogP contribution < -0.4 is 0 Å². The Morgan fingerprint density at radius 2 is 1.88 bits per heavy atom. The maximum absolute atomic E-state index is 12.5. The first-order chi connectivity index (χ1) is 11.5. The normalized spacial score (nSPS) is 14.7. The monoisotopic (exact) mass is 341 g/mol. The molecular weight excluding hydrogens is 330 g/mol. The number of rotatable bonds is 2. The standard InChI is InChI=1S/C16H11N3O4S/c20-16(21)13-12-9-24(22,23)15-11(7-4-8-17-15)14(12)19(18-13)10-5-2-1-3-6-10/h1-8H,9H2,(H,20,21). The second kappa shape index (κ2) is 5.00. The maximum atomic E-state index is 12.5. The SMILES string of the molecule is O=C(O)c1nn(-c2ccccc2)c2c1CS(=O)(=O)c1ncccc1-2. The van der Waals surface area contributed by atoms with E-state index in [4.69, 9.17) is 0 Å². The fourth-order valence-corrected chi connectivity index (χ4v) is 4.38. The van der Waals surface area contributed by atoms with Crippen LogP contribution in [0.15, 0.2) is 53.7 Å². The Kier molecular flexibility index (Phi) is 3.04. The number of aromatic carboxylic acids is 1. The van der Waals surface area contributed by atoms with Crippen LogP contribution in [0, 0.1) is 0 Å². The predicted octanol–water partition coefficient (Wildman–Crippen LogP) is 1.92. The van der Waals surface area contributed by atoms with Crippen LogP contribution in [0.1, 0.15) is 16.1 Å². The Morgan fingerprint density at radius 3 is 2.58 bits per heavy atom. The Balaban J connectivity index is 2.12. The average molecular weight is 341 g/mol. The Bertz CT molecular complexity index is 1070. The van der Waals surface area contributed by atoms with Crippen molar-refractivity contribution >= 4 is 15.8 Å². The van der Waals surface area contributed by atoms with Crippen LogP contribution in [-0.2, 0) is 15.6 Å². The summed E-state index contributed by atoms with van der Waals surface area (Å²) in [5, 5.41) is 13.5. The summed E-state index contributed by atoms with van der Waals surface area (Å²) in [7, 11) is -3.71. The van der Waals surface area contributed by atoms with Gasteiger partial charge in [0.1, 0.15) is 0 Å². The fraction of sp³-hybridized carbons (Fsp3) is 0.0625. The predicted molar refractivity (Wildman–Crippen MR) is 84.6 cm³/mol. The lowest BCUT2D eigenvalue weighted by Crippen LogP contribution is -2.16. The smallest absolute Gasteiger partial charge is 0.356 e. The van der Waals surface area contributed by atoms with Crippen molar-refractivity contribution in [2.24, 2.45) is 0 Å². The number of aromatic nitrogens is 3. The topological polar surface area (TPSA) is 102 Å². The molecule has 3 aromatic rings. The molecule has 120 valence electrons. The van der Waals surface area contributed by atoms with Gasteiger partial charge < -0.3 is 5.11 Å². The number of carboxylic acids is 1. The van der Waals surface area contributed by atoms with E-state index >= 15 is 0 Å². The summed E-state index contributed by atoms with van der Waals surface area (Å²) in [5.41, 5.74) is 1.40. The van der Waals surface area contributed by atoms with Crippen LogP contribution >= 0.6 is 0 Å². The van der Waals surface area contributed by atoms with Crippen molar-refractivity contribution in [2.75, 3.05) is 0 Å². The molecule has 0 atom stereocenters. The van der Waals surface area contributed by atoms with Crippen LogP contribution in [-0.4, -0.2) is 34.3 Å². The highest BCUT2D eigenvalue weighted by Crippen LogP contribution is 2.39. The third-order valence-electron chi connectivity index (χ3n) is 3.84. The summed E-state index contributed by atoms with van der Waals surface area (Å²) in [5.74, 6) is -1.69. The van der Waals surface area contributed by atoms with Gasteiger partial charge in [-0.2, -0.15) is 5.10 Å². The van der Waals surface area contributed by atoms with Gasteiger partial charge in [-0.1, -0.05) is 18.2 Å². The molecule has 0 saturated carbocycles. The van der Waals surface area contributed by atoms with Crippen molar-refractivity contribution in [1.29, 1.82) is 0 Å². The summed E-state index contributed by atoms with van der Waals surface area (Å²) in [6.07, 6.45) is 1.41. The lowest BCUT2D eigenvalue weighted by atomic mass is 10.1. The van der Waals surface area contributed by atoms with Crippen LogP contribution in [0.3, 0.4) is 0 Å². The van der Waals surface area contributed by atoms with Gasteiger partial charge in [-0.3, -0.25) is 0 Å². The van der Waals surface area contributed by atoms with E-state index in [1.165, 1.54) is 10.9 Å². The molecule has 0 aliphatic carbocycles. The molecule has 0 radical (unpaired) electrons. The molecule has 0 fully saturated rings. The second-order valence-corrected chi connectivity index (χ2v) is 7.25. The number of carboxylic acid groups (broad SMARTS) is 1. The molecule has 8 heteroatoms. The number of fused-ring (bicyclic) bond motifs is 3. The maximum Gasteiger partial charge on any atom is 0.356 e. The van der Waals surface area contributed by atoms with E-state index in [0.717, 1.165) is 0 Å². The van der Waals surface area contributed by atoms with Crippen molar-refractivity contribution in [3.63, 3.8) is 0 Å². The van der Waals surface area contributed by atoms with E-state index in [9.17, 15) is 18.3 Å². The number of benzene rings is 1. The molecule has 1 aliphatic heterocycles. The van der Waals surface area contributed by atoms with Crippen LogP contribution in [0.2, 0.25) is 0 Å². The summed E-state index contributed by atoms with van der Waals surface area (Å²) < 4.78 is 26.4. The highest BCUT2D eigenvalue weighted by Gasteiger charge is 2.36. The number of nitrogens with zero attached hydrogens (tertiary/aromatic N) is 3. The summed E-state index contributed by atoms with van der Waals surface area (Å²) in [4.78, 5) is 15.5. The minimum atomic E-state index is -3.71. The van der Waals surface area contributed by atoms with Crippen molar-refractivity contribution in [3.05, 3.63) is 59.9 Å². The van der Waals surface area contributed by atoms with Gasteiger partial charge in [0.05, 0.1) is 17.1 Å². The number of carbonyl (C=O) groups is 1. The first kappa shape index (κ1) is 14.6. The first-order valence-corrected chi connectivity index (χ1v) is 8.73. The molecule has 1 N–H and O–H groups in total. The highest BCUT2D eigenvalue weighted by atomic mass is 32.2. The third-order valence-corrected chi connectivity index (χ3v) is 5.43. The van der Waals surface area contributed by atoms with Crippen LogP contribution in [0.4, 0.5) is 0 Å². The van der Waals surface area contributed by atoms with Gasteiger partial charge in [0.25, 0.3) is 0 Å². The summed E-state index contributed by atoms with van der Waals surface area (Å²) >= 11 is 0. The minimum Gasteiger partial charge on any atom is -0.476 e. The van der Waals surface area contributed by atoms with E-state index in [2.05, 4.69) is 10.1 Å². The molecule has 0 saturated heterocycles. The fourth-order valence-electron chi connectivity index (χ4n) is 2.87. The average Bonchev–Trinajstić information content (AvgIpc) is 2.95.